The van der Waals surface area contributed by atoms with Gasteiger partial charge in [-0.3, -0.25) is 4.79 Å². The largest absolute Gasteiger partial charge is 0.468 e. The Morgan fingerprint density at radius 1 is 1.50 bits per heavy atom. The molecule has 0 aromatic heterocycles. The molecule has 1 rings (SSSR count). The molecule has 1 aromatic rings. The molecule has 1 atom stereocenters. The molecule has 0 aliphatic carbocycles. The summed E-state index contributed by atoms with van der Waals surface area (Å²) in [6.45, 7) is 0. The van der Waals surface area contributed by atoms with E-state index in [-0.39, 0.29) is 5.82 Å². The van der Waals surface area contributed by atoms with Gasteiger partial charge in [0.2, 0.25) is 0 Å². The van der Waals surface area contributed by atoms with Gasteiger partial charge in [-0.05, 0) is 24.1 Å². The topological polar surface area (TPSA) is 52.3 Å². The van der Waals surface area contributed by atoms with Crippen LogP contribution in [-0.4, -0.2) is 19.1 Å². The van der Waals surface area contributed by atoms with Crippen LogP contribution in [0.3, 0.4) is 0 Å². The highest BCUT2D eigenvalue weighted by atomic mass is 19.1. The van der Waals surface area contributed by atoms with Crippen LogP contribution >= 0.6 is 0 Å². The van der Waals surface area contributed by atoms with Gasteiger partial charge in [-0.15, -0.1) is 0 Å². The number of benzene rings is 1. The van der Waals surface area contributed by atoms with Gasteiger partial charge in [0.25, 0.3) is 0 Å². The SMILES string of the molecule is COC(=O)[C@@H](N)Cc1ccc(F)cc1. The normalized spacial score (nSPS) is 12.2. The van der Waals surface area contributed by atoms with Crippen molar-refractivity contribution in [1.29, 1.82) is 0 Å². The molecule has 0 fully saturated rings. The van der Waals surface area contributed by atoms with E-state index in [2.05, 4.69) is 4.74 Å². The summed E-state index contributed by atoms with van der Waals surface area (Å²) in [5.41, 5.74) is 6.34. The lowest BCUT2D eigenvalue weighted by atomic mass is 10.1. The minimum Gasteiger partial charge on any atom is -0.468 e. The number of methoxy groups -OCH3 is 1. The monoisotopic (exact) mass is 197 g/mol. The zero-order valence-electron chi connectivity index (χ0n) is 7.87. The zero-order valence-corrected chi connectivity index (χ0v) is 7.87. The lowest BCUT2D eigenvalue weighted by molar-refractivity contribution is -0.142. The number of hydrogen-bond donors (Lipinski definition) is 1. The van der Waals surface area contributed by atoms with E-state index in [1.165, 1.54) is 19.2 Å². The van der Waals surface area contributed by atoms with E-state index < -0.39 is 12.0 Å². The van der Waals surface area contributed by atoms with Crippen molar-refractivity contribution in [1.82, 2.24) is 0 Å². The van der Waals surface area contributed by atoms with E-state index in [9.17, 15) is 9.18 Å². The van der Waals surface area contributed by atoms with Crippen LogP contribution in [0.5, 0.6) is 0 Å². The van der Waals surface area contributed by atoms with E-state index in [0.717, 1.165) is 5.56 Å². The minimum absolute atomic E-state index is 0.305. The molecule has 0 aliphatic rings. The molecule has 0 saturated heterocycles. The first-order valence-corrected chi connectivity index (χ1v) is 4.21. The fourth-order valence-electron chi connectivity index (χ4n) is 1.11. The minimum atomic E-state index is -0.689. The van der Waals surface area contributed by atoms with Crippen molar-refractivity contribution in [2.24, 2.45) is 5.73 Å². The number of carbonyl (C=O) groups excluding carboxylic acids is 1. The van der Waals surface area contributed by atoms with Gasteiger partial charge < -0.3 is 10.5 Å². The highest BCUT2D eigenvalue weighted by Crippen LogP contribution is 2.05. The van der Waals surface area contributed by atoms with Crippen LogP contribution in [0.4, 0.5) is 4.39 Å². The Morgan fingerprint density at radius 3 is 2.57 bits per heavy atom. The molecule has 3 nitrogen and oxygen atoms in total. The lowest BCUT2D eigenvalue weighted by Gasteiger charge is -2.08. The predicted octanol–water partition coefficient (Wildman–Crippen LogP) is 0.868. The first kappa shape index (κ1) is 10.7. The first-order valence-electron chi connectivity index (χ1n) is 4.21. The summed E-state index contributed by atoms with van der Waals surface area (Å²) in [5.74, 6) is -0.769. The molecular formula is C10H12FNO2. The van der Waals surface area contributed by atoms with Gasteiger partial charge in [0.05, 0.1) is 7.11 Å². The Hall–Kier alpha value is -1.42. The number of hydrogen-bond acceptors (Lipinski definition) is 3. The number of carbonyl (C=O) groups is 1. The molecule has 0 bridgehead atoms. The third-order valence-electron chi connectivity index (χ3n) is 1.87. The summed E-state index contributed by atoms with van der Waals surface area (Å²) in [6, 6.07) is 5.17. The third kappa shape index (κ3) is 2.81. The molecule has 0 heterocycles. The first-order chi connectivity index (χ1) is 6.63. The molecule has 0 amide bonds. The molecule has 76 valence electrons. The molecule has 0 radical (unpaired) electrons. The average molecular weight is 197 g/mol. The van der Waals surface area contributed by atoms with Crippen molar-refractivity contribution >= 4 is 5.97 Å². The number of rotatable bonds is 3. The Balaban J connectivity index is 2.60. The molecule has 0 saturated carbocycles. The Labute approximate surface area is 81.7 Å². The molecule has 0 aliphatic heterocycles. The molecule has 1 aromatic carbocycles. The maximum absolute atomic E-state index is 12.5. The van der Waals surface area contributed by atoms with Crippen LogP contribution in [-0.2, 0) is 16.0 Å². The second kappa shape index (κ2) is 4.72. The highest BCUT2D eigenvalue weighted by Gasteiger charge is 2.13. The van der Waals surface area contributed by atoms with Crippen molar-refractivity contribution in [3.8, 4) is 0 Å². The van der Waals surface area contributed by atoms with Gasteiger partial charge in [0.1, 0.15) is 11.9 Å². The third-order valence-corrected chi connectivity index (χ3v) is 1.87. The molecule has 0 spiro atoms. The van der Waals surface area contributed by atoms with Crippen molar-refractivity contribution in [3.05, 3.63) is 35.6 Å². The van der Waals surface area contributed by atoms with E-state index >= 15 is 0 Å². The van der Waals surface area contributed by atoms with Crippen molar-refractivity contribution < 1.29 is 13.9 Å². The summed E-state index contributed by atoms with van der Waals surface area (Å²) in [5, 5.41) is 0. The number of nitrogens with two attached hydrogens (primary N) is 1. The lowest BCUT2D eigenvalue weighted by Crippen LogP contribution is -2.33. The summed E-state index contributed by atoms with van der Waals surface area (Å²) in [7, 11) is 1.28. The smallest absolute Gasteiger partial charge is 0.322 e. The zero-order chi connectivity index (χ0) is 10.6. The second-order valence-corrected chi connectivity index (χ2v) is 2.96. The maximum Gasteiger partial charge on any atom is 0.322 e. The Morgan fingerprint density at radius 2 is 2.07 bits per heavy atom. The number of halogens is 1. The number of ether oxygens (including phenoxy) is 1. The Kier molecular flexibility index (Phi) is 3.59. The van der Waals surface area contributed by atoms with Gasteiger partial charge in [-0.25, -0.2) is 4.39 Å². The molecule has 2 N–H and O–H groups in total. The van der Waals surface area contributed by atoms with Gasteiger partial charge in [-0.2, -0.15) is 0 Å². The van der Waals surface area contributed by atoms with Gasteiger partial charge in [0, 0.05) is 0 Å². The van der Waals surface area contributed by atoms with Crippen LogP contribution in [0.15, 0.2) is 24.3 Å². The van der Waals surface area contributed by atoms with Crippen LogP contribution < -0.4 is 5.73 Å². The van der Waals surface area contributed by atoms with Crippen LogP contribution in [0.1, 0.15) is 5.56 Å². The van der Waals surface area contributed by atoms with E-state index in [4.69, 9.17) is 5.73 Å². The molecule has 0 unspecified atom stereocenters. The van der Waals surface area contributed by atoms with Crippen LogP contribution in [0, 0.1) is 5.82 Å². The summed E-state index contributed by atoms with van der Waals surface area (Å²) >= 11 is 0. The Bertz CT molecular complexity index is 310. The van der Waals surface area contributed by atoms with Crippen molar-refractivity contribution in [2.45, 2.75) is 12.5 Å². The van der Waals surface area contributed by atoms with E-state index in [1.807, 2.05) is 0 Å². The van der Waals surface area contributed by atoms with E-state index in [1.54, 1.807) is 12.1 Å². The fourth-order valence-corrected chi connectivity index (χ4v) is 1.11. The van der Waals surface area contributed by atoms with E-state index in [0.29, 0.717) is 6.42 Å². The average Bonchev–Trinajstić information content (AvgIpc) is 2.20. The highest BCUT2D eigenvalue weighted by molar-refractivity contribution is 5.75. The van der Waals surface area contributed by atoms with Crippen molar-refractivity contribution in [2.75, 3.05) is 7.11 Å². The predicted molar refractivity (Wildman–Crippen MR) is 50.1 cm³/mol. The maximum atomic E-state index is 12.5. The quantitative estimate of drug-likeness (QED) is 0.731. The second-order valence-electron chi connectivity index (χ2n) is 2.96. The number of esters is 1. The van der Waals surface area contributed by atoms with Gasteiger partial charge >= 0.3 is 5.97 Å². The van der Waals surface area contributed by atoms with Gasteiger partial charge in [0.15, 0.2) is 0 Å². The van der Waals surface area contributed by atoms with Gasteiger partial charge in [-0.1, -0.05) is 12.1 Å². The standard InChI is InChI=1S/C10H12FNO2/c1-14-10(13)9(12)6-7-2-4-8(11)5-3-7/h2-5,9H,6,12H2,1H3/t9-/m0/s1. The van der Waals surface area contributed by atoms with Crippen LogP contribution in [0.25, 0.3) is 0 Å². The van der Waals surface area contributed by atoms with Crippen molar-refractivity contribution in [3.63, 3.8) is 0 Å². The molecule has 4 heteroatoms. The molecular weight excluding hydrogens is 185 g/mol. The summed E-state index contributed by atoms with van der Waals surface area (Å²) < 4.78 is 17.0. The molecule has 14 heavy (non-hydrogen) atoms. The van der Waals surface area contributed by atoms with Crippen LogP contribution in [0.2, 0.25) is 0 Å². The fraction of sp³-hybridized carbons (Fsp3) is 0.300. The summed E-state index contributed by atoms with van der Waals surface area (Å²) in [6.07, 6.45) is 0.354. The summed E-state index contributed by atoms with van der Waals surface area (Å²) in [4.78, 5) is 11.0.